The SMILES string of the molecule is CN(CC(F)F)C(=O)c1cc(S(N)(=O)=O)cn1C1CCC1. The Balaban J connectivity index is 2.36. The minimum Gasteiger partial charge on any atom is -0.339 e. The summed E-state index contributed by atoms with van der Waals surface area (Å²) in [4.78, 5) is 12.9. The van der Waals surface area contributed by atoms with E-state index in [1.54, 1.807) is 0 Å². The highest BCUT2D eigenvalue weighted by atomic mass is 32.2. The summed E-state index contributed by atoms with van der Waals surface area (Å²) < 4.78 is 49.1. The van der Waals surface area contributed by atoms with Crippen LogP contribution in [0.4, 0.5) is 8.78 Å². The quantitative estimate of drug-likeness (QED) is 0.884. The molecule has 0 unspecified atom stereocenters. The largest absolute Gasteiger partial charge is 0.339 e. The van der Waals surface area contributed by atoms with Crippen molar-refractivity contribution in [3.8, 4) is 0 Å². The molecule has 21 heavy (non-hydrogen) atoms. The number of carbonyl (C=O) groups is 1. The molecule has 1 aromatic heterocycles. The van der Waals surface area contributed by atoms with Gasteiger partial charge in [0.25, 0.3) is 12.3 Å². The van der Waals surface area contributed by atoms with E-state index in [-0.39, 0.29) is 16.6 Å². The highest BCUT2D eigenvalue weighted by molar-refractivity contribution is 7.89. The Hall–Kier alpha value is -1.48. The monoisotopic (exact) mass is 321 g/mol. The second-order valence-electron chi connectivity index (χ2n) is 5.17. The summed E-state index contributed by atoms with van der Waals surface area (Å²) in [5.74, 6) is -0.642. The van der Waals surface area contributed by atoms with Gasteiger partial charge in [0, 0.05) is 19.3 Å². The molecule has 118 valence electrons. The summed E-state index contributed by atoms with van der Waals surface area (Å²) in [7, 11) is -2.69. The Morgan fingerprint density at radius 3 is 2.57 bits per heavy atom. The van der Waals surface area contributed by atoms with Gasteiger partial charge in [-0.15, -0.1) is 0 Å². The number of hydrogen-bond acceptors (Lipinski definition) is 3. The van der Waals surface area contributed by atoms with Gasteiger partial charge >= 0.3 is 0 Å². The third-order valence-electron chi connectivity index (χ3n) is 3.60. The van der Waals surface area contributed by atoms with Crippen LogP contribution in [0.3, 0.4) is 0 Å². The number of halogens is 2. The number of hydrogen-bond donors (Lipinski definition) is 1. The molecule has 1 amide bonds. The fourth-order valence-electron chi connectivity index (χ4n) is 2.23. The van der Waals surface area contributed by atoms with E-state index in [4.69, 9.17) is 5.14 Å². The number of nitrogens with two attached hydrogens (primary N) is 1. The molecule has 9 heteroatoms. The second-order valence-corrected chi connectivity index (χ2v) is 6.74. The molecular formula is C12H17F2N3O3S. The van der Waals surface area contributed by atoms with Crippen molar-refractivity contribution in [1.29, 1.82) is 0 Å². The van der Waals surface area contributed by atoms with Gasteiger partial charge in [0.05, 0.1) is 6.54 Å². The zero-order valence-electron chi connectivity index (χ0n) is 11.5. The normalized spacial score (nSPS) is 16.0. The molecule has 2 rings (SSSR count). The Kier molecular flexibility index (Phi) is 4.33. The molecule has 1 fully saturated rings. The summed E-state index contributed by atoms with van der Waals surface area (Å²) in [6.07, 6.45) is 1.27. The van der Waals surface area contributed by atoms with E-state index >= 15 is 0 Å². The first kappa shape index (κ1) is 15.9. The van der Waals surface area contributed by atoms with Gasteiger partial charge in [-0.2, -0.15) is 0 Å². The van der Waals surface area contributed by atoms with Gasteiger partial charge < -0.3 is 9.47 Å². The topological polar surface area (TPSA) is 85.4 Å². The van der Waals surface area contributed by atoms with Gasteiger partial charge in [-0.25, -0.2) is 22.3 Å². The number of carbonyl (C=O) groups excluding carboxylic acids is 1. The van der Waals surface area contributed by atoms with Crippen LogP contribution >= 0.6 is 0 Å². The lowest BCUT2D eigenvalue weighted by molar-refractivity contribution is 0.0606. The first-order chi connectivity index (χ1) is 9.70. The van der Waals surface area contributed by atoms with Crippen molar-refractivity contribution in [2.75, 3.05) is 13.6 Å². The Bertz CT molecular complexity index is 638. The maximum absolute atomic E-state index is 12.4. The Morgan fingerprint density at radius 2 is 2.14 bits per heavy atom. The standard InChI is InChI=1S/C12H17F2N3O3S/c1-16(7-11(13)14)12(18)10-5-9(21(15,19)20)6-17(10)8-3-2-4-8/h5-6,8,11H,2-4,7H2,1H3,(H2,15,19,20). The van der Waals surface area contributed by atoms with Crippen molar-refractivity contribution < 1.29 is 22.0 Å². The summed E-state index contributed by atoms with van der Waals surface area (Å²) >= 11 is 0. The summed E-state index contributed by atoms with van der Waals surface area (Å²) in [5, 5.41) is 5.07. The van der Waals surface area contributed by atoms with Crippen LogP contribution in [0.1, 0.15) is 35.8 Å². The van der Waals surface area contributed by atoms with E-state index < -0.39 is 28.9 Å². The predicted molar refractivity (Wildman–Crippen MR) is 71.7 cm³/mol. The van der Waals surface area contributed by atoms with Crippen LogP contribution < -0.4 is 5.14 Å². The van der Waals surface area contributed by atoms with Gasteiger partial charge in [-0.1, -0.05) is 0 Å². The Morgan fingerprint density at radius 1 is 1.52 bits per heavy atom. The van der Waals surface area contributed by atoms with Gasteiger partial charge in [-0.3, -0.25) is 4.79 Å². The smallest absolute Gasteiger partial charge is 0.270 e. The van der Waals surface area contributed by atoms with Crippen LogP contribution in [0.5, 0.6) is 0 Å². The molecular weight excluding hydrogens is 304 g/mol. The molecule has 6 nitrogen and oxygen atoms in total. The van der Waals surface area contributed by atoms with Crippen molar-refractivity contribution in [2.45, 2.75) is 36.6 Å². The van der Waals surface area contributed by atoms with Crippen molar-refractivity contribution in [3.05, 3.63) is 18.0 Å². The summed E-state index contributed by atoms with van der Waals surface area (Å²) in [5.41, 5.74) is 0.0758. The van der Waals surface area contributed by atoms with E-state index in [2.05, 4.69) is 0 Å². The first-order valence-corrected chi connectivity index (χ1v) is 8.03. The molecule has 0 aliphatic heterocycles. The number of rotatable bonds is 5. The third-order valence-corrected chi connectivity index (χ3v) is 4.48. The molecule has 2 N–H and O–H groups in total. The fourth-order valence-corrected chi connectivity index (χ4v) is 2.77. The van der Waals surface area contributed by atoms with E-state index in [1.807, 2.05) is 0 Å². The molecule has 1 heterocycles. The van der Waals surface area contributed by atoms with Crippen LogP contribution in [-0.4, -0.2) is 43.8 Å². The van der Waals surface area contributed by atoms with E-state index in [0.717, 1.165) is 30.2 Å². The van der Waals surface area contributed by atoms with Crippen LogP contribution in [-0.2, 0) is 10.0 Å². The van der Waals surface area contributed by atoms with Gasteiger partial charge in [0.2, 0.25) is 10.0 Å². The lowest BCUT2D eigenvalue weighted by Crippen LogP contribution is -2.33. The molecule has 0 bridgehead atoms. The molecule has 0 aromatic carbocycles. The van der Waals surface area contributed by atoms with Crippen LogP contribution in [0.2, 0.25) is 0 Å². The van der Waals surface area contributed by atoms with Gasteiger partial charge in [-0.05, 0) is 25.3 Å². The lowest BCUT2D eigenvalue weighted by Gasteiger charge is -2.29. The minimum absolute atomic E-state index is 0.0133. The molecule has 0 spiro atoms. The summed E-state index contributed by atoms with van der Waals surface area (Å²) in [6.45, 7) is -0.709. The fraction of sp³-hybridized carbons (Fsp3) is 0.583. The summed E-state index contributed by atoms with van der Waals surface area (Å²) in [6, 6.07) is 1.16. The minimum atomic E-state index is -3.94. The van der Waals surface area contributed by atoms with Gasteiger partial charge in [0.1, 0.15) is 10.6 Å². The molecule has 0 saturated heterocycles. The van der Waals surface area contributed by atoms with Crippen molar-refractivity contribution in [2.24, 2.45) is 5.14 Å². The zero-order chi connectivity index (χ0) is 15.8. The zero-order valence-corrected chi connectivity index (χ0v) is 12.3. The molecule has 0 atom stereocenters. The lowest BCUT2D eigenvalue weighted by atomic mass is 9.93. The number of sulfonamides is 1. The number of alkyl halides is 2. The Labute approximate surface area is 121 Å². The molecule has 0 radical (unpaired) electrons. The molecule has 1 saturated carbocycles. The molecule has 1 aliphatic rings. The average molecular weight is 321 g/mol. The maximum atomic E-state index is 12.4. The number of nitrogens with zero attached hydrogens (tertiary/aromatic N) is 2. The van der Waals surface area contributed by atoms with Crippen molar-refractivity contribution in [1.82, 2.24) is 9.47 Å². The van der Waals surface area contributed by atoms with E-state index in [0.29, 0.717) is 0 Å². The second kappa shape index (κ2) is 5.72. The highest BCUT2D eigenvalue weighted by Gasteiger charge is 2.28. The maximum Gasteiger partial charge on any atom is 0.270 e. The number of amides is 1. The van der Waals surface area contributed by atoms with Gasteiger partial charge in [0.15, 0.2) is 0 Å². The average Bonchev–Trinajstić information content (AvgIpc) is 2.69. The molecule has 1 aromatic rings. The van der Waals surface area contributed by atoms with Crippen molar-refractivity contribution in [3.63, 3.8) is 0 Å². The first-order valence-electron chi connectivity index (χ1n) is 6.48. The molecule has 1 aliphatic carbocycles. The number of aromatic nitrogens is 1. The van der Waals surface area contributed by atoms with Crippen LogP contribution in [0, 0.1) is 0 Å². The highest BCUT2D eigenvalue weighted by Crippen LogP contribution is 2.34. The number of primary sulfonamides is 1. The predicted octanol–water partition coefficient (Wildman–Crippen LogP) is 1.20. The van der Waals surface area contributed by atoms with E-state index in [9.17, 15) is 22.0 Å². The van der Waals surface area contributed by atoms with Crippen molar-refractivity contribution >= 4 is 15.9 Å². The van der Waals surface area contributed by atoms with Crippen LogP contribution in [0.25, 0.3) is 0 Å². The third kappa shape index (κ3) is 3.41. The van der Waals surface area contributed by atoms with E-state index in [1.165, 1.54) is 17.8 Å². The van der Waals surface area contributed by atoms with Crippen LogP contribution in [0.15, 0.2) is 17.2 Å².